The molecule has 0 aliphatic heterocycles. The van der Waals surface area contributed by atoms with Crippen molar-refractivity contribution in [2.24, 2.45) is 0 Å². The van der Waals surface area contributed by atoms with Gasteiger partial charge in [-0.25, -0.2) is 0 Å². The van der Waals surface area contributed by atoms with Crippen molar-refractivity contribution in [3.8, 4) is 0 Å². The van der Waals surface area contributed by atoms with Crippen LogP contribution in [0.1, 0.15) is 74.1 Å². The van der Waals surface area contributed by atoms with E-state index >= 15 is 0 Å². The largest absolute Gasteiger partial charge is 0.304 e. The van der Waals surface area contributed by atoms with Crippen LogP contribution in [0.15, 0.2) is 0 Å². The number of rotatable bonds is 13. The lowest BCUT2D eigenvalue weighted by atomic mass is 10.3. The van der Waals surface area contributed by atoms with E-state index in [9.17, 15) is 0 Å². The Kier molecular flexibility index (Phi) is 33.3. The third-order valence-electron chi connectivity index (χ3n) is 4.29. The molecule has 5 heteroatoms. The zero-order chi connectivity index (χ0) is 19.2. The van der Waals surface area contributed by atoms with E-state index in [4.69, 9.17) is 0 Å². The molecular formula is C19H45I2N3. The molecule has 0 aromatic carbocycles. The first-order valence-electron chi connectivity index (χ1n) is 9.94. The van der Waals surface area contributed by atoms with Gasteiger partial charge in [0, 0.05) is 37.2 Å². The molecule has 24 heavy (non-hydrogen) atoms. The normalized spacial score (nSPS) is 10.5. The predicted molar refractivity (Wildman–Crippen MR) is 131 cm³/mol. The minimum atomic E-state index is 1.14. The standard InChI is InChI=1S/C11H26N2.C8H19N.I2/c1-5-9-10-13(8-4)11-12(6-2)7-3;1-4-7-8-9(5-2)6-3;1-2/h5-11H2,1-4H3;4-8H2,1-3H3;. The van der Waals surface area contributed by atoms with Gasteiger partial charge in [-0.05, 0) is 58.7 Å². The summed E-state index contributed by atoms with van der Waals surface area (Å²) in [6, 6.07) is 0. The maximum atomic E-state index is 2.52. The van der Waals surface area contributed by atoms with Gasteiger partial charge < -0.3 is 4.90 Å². The second-order valence-corrected chi connectivity index (χ2v) is 5.89. The summed E-state index contributed by atoms with van der Waals surface area (Å²) in [6.07, 6.45) is 5.29. The molecule has 0 atom stereocenters. The first kappa shape index (κ1) is 30.1. The Bertz CT molecular complexity index is 199. The Hall–Kier alpha value is 1.34. The van der Waals surface area contributed by atoms with Crippen LogP contribution in [0, 0.1) is 0 Å². The molecule has 0 rings (SSSR count). The van der Waals surface area contributed by atoms with Crippen molar-refractivity contribution in [2.45, 2.75) is 74.1 Å². The summed E-state index contributed by atoms with van der Waals surface area (Å²) in [7, 11) is 0. The van der Waals surface area contributed by atoms with Crippen LogP contribution in [0.4, 0.5) is 0 Å². The lowest BCUT2D eigenvalue weighted by Crippen LogP contribution is -2.38. The van der Waals surface area contributed by atoms with Gasteiger partial charge in [-0.1, -0.05) is 61.3 Å². The van der Waals surface area contributed by atoms with Gasteiger partial charge >= 0.3 is 0 Å². The summed E-state index contributed by atoms with van der Waals surface area (Å²) in [4.78, 5) is 7.46. The maximum absolute atomic E-state index is 2.52. The molecular weight excluding hydrogens is 524 g/mol. The van der Waals surface area contributed by atoms with E-state index < -0.39 is 0 Å². The topological polar surface area (TPSA) is 9.72 Å². The summed E-state index contributed by atoms with van der Waals surface area (Å²) < 4.78 is 0. The highest BCUT2D eigenvalue weighted by molar-refractivity contribution is 15.0. The predicted octanol–water partition coefficient (Wildman–Crippen LogP) is 6.31. The molecule has 0 aliphatic carbocycles. The number of nitrogens with zero attached hydrogens (tertiary/aromatic N) is 3. The Morgan fingerprint density at radius 2 is 0.833 bits per heavy atom. The lowest BCUT2D eigenvalue weighted by molar-refractivity contribution is 0.145. The zero-order valence-corrected chi connectivity index (χ0v) is 21.9. The molecule has 0 aromatic heterocycles. The third kappa shape index (κ3) is 21.4. The van der Waals surface area contributed by atoms with E-state index in [1.807, 2.05) is 0 Å². The summed E-state index contributed by atoms with van der Waals surface area (Å²) in [5, 5.41) is 0. The van der Waals surface area contributed by atoms with Crippen LogP contribution < -0.4 is 0 Å². The lowest BCUT2D eigenvalue weighted by Gasteiger charge is -2.27. The molecule has 0 radical (unpaired) electrons. The molecule has 0 aromatic rings. The third-order valence-corrected chi connectivity index (χ3v) is 4.29. The first-order valence-corrected chi connectivity index (χ1v) is 16.2. The molecule has 150 valence electrons. The highest BCUT2D eigenvalue weighted by Crippen LogP contribution is 1.97. The van der Waals surface area contributed by atoms with Crippen molar-refractivity contribution in [3.05, 3.63) is 0 Å². The van der Waals surface area contributed by atoms with Crippen LogP contribution in [0.25, 0.3) is 0 Å². The molecule has 0 fully saturated rings. The van der Waals surface area contributed by atoms with E-state index in [-0.39, 0.29) is 0 Å². The molecule has 0 spiro atoms. The minimum Gasteiger partial charge on any atom is -0.304 e. The van der Waals surface area contributed by atoms with Gasteiger partial charge in [0.15, 0.2) is 0 Å². The Labute approximate surface area is 177 Å². The summed E-state index contributed by atoms with van der Waals surface area (Å²) >= 11 is 4.24. The van der Waals surface area contributed by atoms with Crippen molar-refractivity contribution in [1.82, 2.24) is 14.7 Å². The van der Waals surface area contributed by atoms with Gasteiger partial charge in [0.2, 0.25) is 0 Å². The fraction of sp³-hybridized carbons (Fsp3) is 1.00. The SMILES string of the molecule is CCCCN(CC)CC.CCCCN(CC)CN(CC)CC.II. The van der Waals surface area contributed by atoms with E-state index in [0.717, 1.165) is 6.67 Å². The van der Waals surface area contributed by atoms with Crippen molar-refractivity contribution >= 4 is 37.2 Å². The Morgan fingerprint density at radius 1 is 0.500 bits per heavy atom. The van der Waals surface area contributed by atoms with Crippen molar-refractivity contribution in [2.75, 3.05) is 52.5 Å². The molecule has 0 N–H and O–H groups in total. The molecule has 3 nitrogen and oxygen atoms in total. The summed E-state index contributed by atoms with van der Waals surface area (Å²) in [6.45, 7) is 25.2. The van der Waals surface area contributed by atoms with E-state index in [1.54, 1.807) is 0 Å². The van der Waals surface area contributed by atoms with Crippen molar-refractivity contribution < 1.29 is 0 Å². The van der Waals surface area contributed by atoms with Crippen LogP contribution in [-0.2, 0) is 0 Å². The van der Waals surface area contributed by atoms with Crippen LogP contribution >= 0.6 is 37.2 Å². The number of hydrogen-bond donors (Lipinski definition) is 0. The van der Waals surface area contributed by atoms with Gasteiger partial charge in [0.1, 0.15) is 0 Å². The van der Waals surface area contributed by atoms with Gasteiger partial charge in [0.05, 0.1) is 6.67 Å². The number of unbranched alkanes of at least 4 members (excludes halogenated alkanes) is 2. The van der Waals surface area contributed by atoms with Crippen molar-refractivity contribution in [1.29, 1.82) is 0 Å². The number of hydrogen-bond acceptors (Lipinski definition) is 3. The van der Waals surface area contributed by atoms with E-state index in [0.29, 0.717) is 0 Å². The highest BCUT2D eigenvalue weighted by atomic mass is 128. The van der Waals surface area contributed by atoms with Crippen LogP contribution in [0.5, 0.6) is 0 Å². The molecule has 0 saturated heterocycles. The Morgan fingerprint density at radius 3 is 1.12 bits per heavy atom. The Balaban J connectivity index is -0.000000351. The van der Waals surface area contributed by atoms with Gasteiger partial charge in [-0.15, -0.1) is 0 Å². The number of halogens is 2. The second kappa shape index (κ2) is 26.6. The van der Waals surface area contributed by atoms with Crippen molar-refractivity contribution in [3.63, 3.8) is 0 Å². The molecule has 0 bridgehead atoms. The fourth-order valence-corrected chi connectivity index (χ4v) is 2.34. The van der Waals surface area contributed by atoms with Gasteiger partial charge in [-0.2, -0.15) is 0 Å². The average molecular weight is 569 g/mol. The quantitative estimate of drug-likeness (QED) is 0.190. The minimum absolute atomic E-state index is 1.14. The van der Waals surface area contributed by atoms with Crippen LogP contribution in [-0.4, -0.2) is 67.2 Å². The van der Waals surface area contributed by atoms with Crippen LogP contribution in [0.2, 0.25) is 0 Å². The molecule has 0 heterocycles. The van der Waals surface area contributed by atoms with Gasteiger partial charge in [0.25, 0.3) is 0 Å². The molecule has 0 unspecified atom stereocenters. The molecule has 0 saturated carbocycles. The maximum Gasteiger partial charge on any atom is 0.0505 e. The summed E-state index contributed by atoms with van der Waals surface area (Å²) in [5.41, 5.74) is 0. The monoisotopic (exact) mass is 569 g/mol. The smallest absolute Gasteiger partial charge is 0.0505 e. The second-order valence-electron chi connectivity index (χ2n) is 5.89. The molecule has 0 amide bonds. The van der Waals surface area contributed by atoms with E-state index in [1.165, 1.54) is 71.5 Å². The first-order chi connectivity index (χ1) is 11.6. The van der Waals surface area contributed by atoms with Crippen LogP contribution in [0.3, 0.4) is 0 Å². The van der Waals surface area contributed by atoms with E-state index in [2.05, 4.69) is 100 Å². The van der Waals surface area contributed by atoms with Gasteiger partial charge in [-0.3, -0.25) is 9.80 Å². The summed E-state index contributed by atoms with van der Waals surface area (Å²) in [5.74, 6) is 0. The molecule has 0 aliphatic rings. The fourth-order valence-electron chi connectivity index (χ4n) is 2.34. The zero-order valence-electron chi connectivity index (χ0n) is 17.6. The average Bonchev–Trinajstić information content (AvgIpc) is 2.65. The highest BCUT2D eigenvalue weighted by Gasteiger charge is 2.05.